The predicted molar refractivity (Wildman–Crippen MR) is 76.5 cm³/mol. The summed E-state index contributed by atoms with van der Waals surface area (Å²) < 4.78 is 13.4. The molecule has 0 aliphatic carbocycles. The smallest absolute Gasteiger partial charge is 0.127 e. The van der Waals surface area contributed by atoms with E-state index in [1.807, 2.05) is 0 Å². The number of halogens is 2. The molecule has 0 saturated heterocycles. The number of benzene rings is 1. The van der Waals surface area contributed by atoms with Gasteiger partial charge in [-0.2, -0.15) is 0 Å². The van der Waals surface area contributed by atoms with Crippen LogP contribution < -0.4 is 5.32 Å². The average Bonchev–Trinajstić information content (AvgIpc) is 2.36. The maximum atomic E-state index is 13.4. The van der Waals surface area contributed by atoms with Crippen LogP contribution in [0.4, 0.5) is 4.39 Å². The Morgan fingerprint density at radius 1 is 1.11 bits per heavy atom. The molecule has 18 heavy (non-hydrogen) atoms. The Balaban J connectivity index is 2.09. The quantitative estimate of drug-likeness (QED) is 0.628. The summed E-state index contributed by atoms with van der Waals surface area (Å²) in [4.78, 5) is 0. The monoisotopic (exact) mass is 271 g/mol. The molecule has 102 valence electrons. The predicted octanol–water partition coefficient (Wildman–Crippen LogP) is 4.93. The van der Waals surface area contributed by atoms with Crippen LogP contribution in [0, 0.1) is 5.82 Å². The highest BCUT2D eigenvalue weighted by Gasteiger charge is 2.01. The maximum absolute atomic E-state index is 13.4. The topological polar surface area (TPSA) is 12.0 Å². The molecule has 0 amide bonds. The Morgan fingerprint density at radius 3 is 2.61 bits per heavy atom. The lowest BCUT2D eigenvalue weighted by molar-refractivity contribution is 0.556. The fourth-order valence-electron chi connectivity index (χ4n) is 1.93. The van der Waals surface area contributed by atoms with Gasteiger partial charge in [0.25, 0.3) is 0 Å². The second-order valence-electron chi connectivity index (χ2n) is 4.68. The van der Waals surface area contributed by atoms with E-state index in [1.54, 1.807) is 12.1 Å². The first-order valence-electron chi connectivity index (χ1n) is 6.88. The van der Waals surface area contributed by atoms with Gasteiger partial charge in [-0.05, 0) is 31.2 Å². The van der Waals surface area contributed by atoms with Crippen LogP contribution in [0.2, 0.25) is 5.02 Å². The molecule has 1 nitrogen and oxygen atoms in total. The zero-order chi connectivity index (χ0) is 13.2. The Bertz CT molecular complexity index is 341. The van der Waals surface area contributed by atoms with E-state index >= 15 is 0 Å². The van der Waals surface area contributed by atoms with Gasteiger partial charge in [0, 0.05) is 17.1 Å². The minimum absolute atomic E-state index is 0.185. The van der Waals surface area contributed by atoms with Gasteiger partial charge in [0.15, 0.2) is 0 Å². The molecule has 3 heteroatoms. The van der Waals surface area contributed by atoms with Crippen LogP contribution in [0.25, 0.3) is 0 Å². The SMILES string of the molecule is CCCCCCCCNCc1cc(Cl)ccc1F. The molecule has 0 fully saturated rings. The molecule has 0 aliphatic heterocycles. The molecule has 0 spiro atoms. The van der Waals surface area contributed by atoms with Gasteiger partial charge in [-0.1, -0.05) is 50.6 Å². The Morgan fingerprint density at radius 2 is 1.83 bits per heavy atom. The highest BCUT2D eigenvalue weighted by molar-refractivity contribution is 6.30. The van der Waals surface area contributed by atoms with Crippen LogP contribution in [0.3, 0.4) is 0 Å². The van der Waals surface area contributed by atoms with Crippen molar-refractivity contribution >= 4 is 11.6 Å². The summed E-state index contributed by atoms with van der Waals surface area (Å²) in [5.41, 5.74) is 0.647. The van der Waals surface area contributed by atoms with Crippen molar-refractivity contribution in [2.45, 2.75) is 52.0 Å². The lowest BCUT2D eigenvalue weighted by Crippen LogP contribution is -2.15. The van der Waals surface area contributed by atoms with Gasteiger partial charge in [0.2, 0.25) is 0 Å². The van der Waals surface area contributed by atoms with E-state index in [4.69, 9.17) is 11.6 Å². The normalized spacial score (nSPS) is 10.8. The number of rotatable bonds is 9. The molecule has 1 aromatic rings. The van der Waals surface area contributed by atoms with Crippen molar-refractivity contribution < 1.29 is 4.39 Å². The van der Waals surface area contributed by atoms with Gasteiger partial charge in [-0.3, -0.25) is 0 Å². The van der Waals surface area contributed by atoms with E-state index in [2.05, 4.69) is 12.2 Å². The molecule has 0 atom stereocenters. The minimum atomic E-state index is -0.185. The number of hydrogen-bond acceptors (Lipinski definition) is 1. The van der Waals surface area contributed by atoms with E-state index in [0.29, 0.717) is 17.1 Å². The fourth-order valence-corrected chi connectivity index (χ4v) is 2.13. The summed E-state index contributed by atoms with van der Waals surface area (Å²) in [5.74, 6) is -0.185. The zero-order valence-corrected chi connectivity index (χ0v) is 11.9. The van der Waals surface area contributed by atoms with Crippen LogP contribution >= 0.6 is 11.6 Å². The standard InChI is InChI=1S/C15H23ClFN/c1-2-3-4-5-6-7-10-18-12-13-11-14(16)8-9-15(13)17/h8-9,11,18H,2-7,10,12H2,1H3. The van der Waals surface area contributed by atoms with Gasteiger partial charge in [0.1, 0.15) is 5.82 Å². The molecule has 0 radical (unpaired) electrons. The highest BCUT2D eigenvalue weighted by Crippen LogP contribution is 2.14. The second kappa shape index (κ2) is 9.35. The van der Waals surface area contributed by atoms with E-state index in [0.717, 1.165) is 13.0 Å². The zero-order valence-electron chi connectivity index (χ0n) is 11.1. The van der Waals surface area contributed by atoms with Gasteiger partial charge in [-0.25, -0.2) is 4.39 Å². The molecule has 0 heterocycles. The number of nitrogens with one attached hydrogen (secondary N) is 1. The first kappa shape index (κ1) is 15.5. The van der Waals surface area contributed by atoms with Crippen LogP contribution in [-0.2, 0) is 6.54 Å². The molecule has 0 bridgehead atoms. The molecule has 0 aromatic heterocycles. The average molecular weight is 272 g/mol. The molecule has 1 rings (SSSR count). The van der Waals surface area contributed by atoms with E-state index in [1.165, 1.54) is 38.2 Å². The lowest BCUT2D eigenvalue weighted by Gasteiger charge is -2.06. The first-order valence-corrected chi connectivity index (χ1v) is 7.26. The van der Waals surface area contributed by atoms with Crippen molar-refractivity contribution in [3.8, 4) is 0 Å². The number of hydrogen-bond donors (Lipinski definition) is 1. The van der Waals surface area contributed by atoms with Crippen molar-refractivity contribution in [3.05, 3.63) is 34.6 Å². The van der Waals surface area contributed by atoms with Gasteiger partial charge in [-0.15, -0.1) is 0 Å². The lowest BCUT2D eigenvalue weighted by atomic mass is 10.1. The third-order valence-electron chi connectivity index (χ3n) is 3.03. The summed E-state index contributed by atoms with van der Waals surface area (Å²) in [6.45, 7) is 3.72. The van der Waals surface area contributed by atoms with Crippen molar-refractivity contribution in [1.82, 2.24) is 5.32 Å². The summed E-state index contributed by atoms with van der Waals surface area (Å²) in [6, 6.07) is 4.68. The van der Waals surface area contributed by atoms with Crippen LogP contribution in [0.5, 0.6) is 0 Å². The van der Waals surface area contributed by atoms with Crippen molar-refractivity contribution in [2.75, 3.05) is 6.54 Å². The Kier molecular flexibility index (Phi) is 8.03. The molecule has 0 aliphatic rings. The summed E-state index contributed by atoms with van der Waals surface area (Å²) in [5, 5.41) is 3.85. The second-order valence-corrected chi connectivity index (χ2v) is 5.12. The Hall–Kier alpha value is -0.600. The molecule has 1 N–H and O–H groups in total. The third kappa shape index (κ3) is 6.36. The van der Waals surface area contributed by atoms with Crippen LogP contribution in [0.15, 0.2) is 18.2 Å². The molecule has 1 aromatic carbocycles. The van der Waals surface area contributed by atoms with E-state index in [-0.39, 0.29) is 5.82 Å². The summed E-state index contributed by atoms with van der Waals surface area (Å²) in [6.07, 6.45) is 7.67. The molecular formula is C15H23ClFN. The highest BCUT2D eigenvalue weighted by atomic mass is 35.5. The minimum Gasteiger partial charge on any atom is -0.313 e. The van der Waals surface area contributed by atoms with Crippen molar-refractivity contribution in [3.63, 3.8) is 0 Å². The van der Waals surface area contributed by atoms with Gasteiger partial charge >= 0.3 is 0 Å². The van der Waals surface area contributed by atoms with Crippen molar-refractivity contribution in [2.24, 2.45) is 0 Å². The van der Waals surface area contributed by atoms with Crippen LogP contribution in [-0.4, -0.2) is 6.54 Å². The van der Waals surface area contributed by atoms with Gasteiger partial charge in [0.05, 0.1) is 0 Å². The Labute approximate surface area is 115 Å². The summed E-state index contributed by atoms with van der Waals surface area (Å²) in [7, 11) is 0. The van der Waals surface area contributed by atoms with E-state index in [9.17, 15) is 4.39 Å². The number of unbranched alkanes of at least 4 members (excludes halogenated alkanes) is 5. The summed E-state index contributed by atoms with van der Waals surface area (Å²) >= 11 is 5.83. The molecule has 0 saturated carbocycles. The van der Waals surface area contributed by atoms with Crippen molar-refractivity contribution in [1.29, 1.82) is 0 Å². The van der Waals surface area contributed by atoms with Crippen LogP contribution in [0.1, 0.15) is 51.0 Å². The molecule has 0 unspecified atom stereocenters. The fraction of sp³-hybridized carbons (Fsp3) is 0.600. The van der Waals surface area contributed by atoms with Gasteiger partial charge < -0.3 is 5.32 Å². The molecular weight excluding hydrogens is 249 g/mol. The largest absolute Gasteiger partial charge is 0.313 e. The maximum Gasteiger partial charge on any atom is 0.127 e. The van der Waals surface area contributed by atoms with E-state index < -0.39 is 0 Å². The third-order valence-corrected chi connectivity index (χ3v) is 3.27. The first-order chi connectivity index (χ1) is 8.74.